The molecule has 1 fully saturated rings. The fourth-order valence-electron chi connectivity index (χ4n) is 2.47. The number of carbonyl (C=O) groups is 1. The SMILES string of the molecule is CC1CN(CC(=O)NCc2ccccc2F)CC(CO)O1. The van der Waals surface area contributed by atoms with Gasteiger partial charge in [0.25, 0.3) is 0 Å². The van der Waals surface area contributed by atoms with Gasteiger partial charge in [-0.3, -0.25) is 9.69 Å². The van der Waals surface area contributed by atoms with Crippen LogP contribution in [0.3, 0.4) is 0 Å². The molecule has 2 rings (SSSR count). The summed E-state index contributed by atoms with van der Waals surface area (Å²) in [6.45, 7) is 3.41. The number of hydrogen-bond donors (Lipinski definition) is 2. The molecule has 0 radical (unpaired) electrons. The van der Waals surface area contributed by atoms with Crippen LogP contribution < -0.4 is 5.32 Å². The first kappa shape index (κ1) is 15.9. The van der Waals surface area contributed by atoms with Crippen LogP contribution in [0.1, 0.15) is 12.5 Å². The molecule has 2 atom stereocenters. The largest absolute Gasteiger partial charge is 0.394 e. The molecule has 1 aromatic carbocycles. The lowest BCUT2D eigenvalue weighted by atomic mass is 10.2. The van der Waals surface area contributed by atoms with Crippen molar-refractivity contribution in [3.63, 3.8) is 0 Å². The molecule has 2 unspecified atom stereocenters. The number of nitrogens with zero attached hydrogens (tertiary/aromatic N) is 1. The lowest BCUT2D eigenvalue weighted by Crippen LogP contribution is -2.50. The van der Waals surface area contributed by atoms with E-state index in [9.17, 15) is 9.18 Å². The number of amides is 1. The maximum absolute atomic E-state index is 13.4. The first-order valence-electron chi connectivity index (χ1n) is 7.07. The van der Waals surface area contributed by atoms with Crippen LogP contribution in [-0.2, 0) is 16.1 Å². The summed E-state index contributed by atoms with van der Waals surface area (Å²) in [4.78, 5) is 13.9. The summed E-state index contributed by atoms with van der Waals surface area (Å²) in [5.41, 5.74) is 0.467. The van der Waals surface area contributed by atoms with Gasteiger partial charge in [0.15, 0.2) is 0 Å². The zero-order valence-corrected chi connectivity index (χ0v) is 12.1. The minimum atomic E-state index is -0.321. The van der Waals surface area contributed by atoms with Gasteiger partial charge in [-0.15, -0.1) is 0 Å². The molecular formula is C15H21FN2O3. The Morgan fingerprint density at radius 1 is 1.48 bits per heavy atom. The Hall–Kier alpha value is -1.50. The normalized spacial score (nSPS) is 23.0. The third-order valence-corrected chi connectivity index (χ3v) is 3.41. The highest BCUT2D eigenvalue weighted by atomic mass is 19.1. The fraction of sp³-hybridized carbons (Fsp3) is 0.533. The predicted molar refractivity (Wildman–Crippen MR) is 76.1 cm³/mol. The number of rotatable bonds is 5. The van der Waals surface area contributed by atoms with Gasteiger partial charge in [0.2, 0.25) is 5.91 Å². The van der Waals surface area contributed by atoms with Crippen molar-refractivity contribution < 1.29 is 19.0 Å². The molecule has 21 heavy (non-hydrogen) atoms. The zero-order chi connectivity index (χ0) is 15.2. The molecule has 5 nitrogen and oxygen atoms in total. The van der Waals surface area contributed by atoms with Crippen molar-refractivity contribution in [2.75, 3.05) is 26.2 Å². The maximum atomic E-state index is 13.4. The van der Waals surface area contributed by atoms with Crippen LogP contribution in [0.2, 0.25) is 0 Å². The molecule has 116 valence electrons. The van der Waals surface area contributed by atoms with Crippen LogP contribution in [0.5, 0.6) is 0 Å². The van der Waals surface area contributed by atoms with Gasteiger partial charge in [-0.1, -0.05) is 18.2 Å². The van der Waals surface area contributed by atoms with Crippen molar-refractivity contribution in [2.24, 2.45) is 0 Å². The van der Waals surface area contributed by atoms with Crippen LogP contribution in [0.15, 0.2) is 24.3 Å². The highest BCUT2D eigenvalue weighted by molar-refractivity contribution is 5.78. The van der Waals surface area contributed by atoms with Crippen molar-refractivity contribution in [1.82, 2.24) is 10.2 Å². The summed E-state index contributed by atoms with van der Waals surface area (Å²) < 4.78 is 19.0. The maximum Gasteiger partial charge on any atom is 0.234 e. The minimum Gasteiger partial charge on any atom is -0.394 e. The standard InChI is InChI=1S/C15H21FN2O3/c1-11-7-18(8-13(10-19)21-11)9-15(20)17-6-12-4-2-3-5-14(12)16/h2-5,11,13,19H,6-10H2,1H3,(H,17,20). The van der Waals surface area contributed by atoms with Gasteiger partial charge in [-0.2, -0.15) is 0 Å². The predicted octanol–water partition coefficient (Wildman–Crippen LogP) is 0.523. The third kappa shape index (κ3) is 4.77. The van der Waals surface area contributed by atoms with Crippen LogP contribution in [0, 0.1) is 5.82 Å². The molecule has 1 saturated heterocycles. The second-order valence-corrected chi connectivity index (χ2v) is 5.31. The lowest BCUT2D eigenvalue weighted by molar-refractivity contribution is -0.128. The molecule has 1 aliphatic heterocycles. The van der Waals surface area contributed by atoms with E-state index in [0.29, 0.717) is 18.7 Å². The van der Waals surface area contributed by atoms with Gasteiger partial charge in [0.05, 0.1) is 25.4 Å². The molecule has 1 aromatic rings. The Balaban J connectivity index is 1.80. The number of aliphatic hydroxyl groups excluding tert-OH is 1. The van der Waals surface area contributed by atoms with E-state index in [0.717, 1.165) is 0 Å². The van der Waals surface area contributed by atoms with E-state index in [1.54, 1.807) is 18.2 Å². The fourth-order valence-corrected chi connectivity index (χ4v) is 2.47. The number of morpholine rings is 1. The minimum absolute atomic E-state index is 0.0183. The van der Waals surface area contributed by atoms with E-state index < -0.39 is 0 Å². The highest BCUT2D eigenvalue weighted by Gasteiger charge is 2.25. The van der Waals surface area contributed by atoms with Gasteiger partial charge in [-0.25, -0.2) is 4.39 Å². The molecule has 1 amide bonds. The van der Waals surface area contributed by atoms with Crippen molar-refractivity contribution in [3.8, 4) is 0 Å². The Morgan fingerprint density at radius 3 is 2.95 bits per heavy atom. The average molecular weight is 296 g/mol. The molecular weight excluding hydrogens is 275 g/mol. The van der Waals surface area contributed by atoms with Gasteiger partial charge in [-0.05, 0) is 13.0 Å². The first-order chi connectivity index (χ1) is 10.1. The molecule has 0 bridgehead atoms. The quantitative estimate of drug-likeness (QED) is 0.832. The third-order valence-electron chi connectivity index (χ3n) is 3.41. The molecule has 0 aliphatic carbocycles. The Labute approximate surface area is 123 Å². The average Bonchev–Trinajstić information content (AvgIpc) is 2.45. The van der Waals surface area contributed by atoms with Gasteiger partial charge in [0.1, 0.15) is 5.82 Å². The Kier molecular flexibility index (Phi) is 5.67. The van der Waals surface area contributed by atoms with E-state index in [2.05, 4.69) is 5.32 Å². The van der Waals surface area contributed by atoms with Gasteiger partial charge in [0, 0.05) is 25.2 Å². The van der Waals surface area contributed by atoms with Crippen molar-refractivity contribution in [1.29, 1.82) is 0 Å². The Morgan fingerprint density at radius 2 is 2.24 bits per heavy atom. The number of nitrogens with one attached hydrogen (secondary N) is 1. The highest BCUT2D eigenvalue weighted by Crippen LogP contribution is 2.10. The molecule has 1 heterocycles. The summed E-state index contributed by atoms with van der Waals surface area (Å²) in [5.74, 6) is -0.484. The summed E-state index contributed by atoms with van der Waals surface area (Å²) in [6, 6.07) is 6.37. The van der Waals surface area contributed by atoms with Crippen LogP contribution in [0.25, 0.3) is 0 Å². The summed E-state index contributed by atoms with van der Waals surface area (Å²) in [5, 5.41) is 11.9. The second kappa shape index (κ2) is 7.49. The van der Waals surface area contributed by atoms with Crippen molar-refractivity contribution in [2.45, 2.75) is 25.7 Å². The first-order valence-corrected chi connectivity index (χ1v) is 7.07. The molecule has 2 N–H and O–H groups in total. The molecule has 0 saturated carbocycles. The number of halogens is 1. The lowest BCUT2D eigenvalue weighted by Gasteiger charge is -2.35. The van der Waals surface area contributed by atoms with E-state index in [-0.39, 0.29) is 43.6 Å². The smallest absolute Gasteiger partial charge is 0.234 e. The van der Waals surface area contributed by atoms with Gasteiger partial charge >= 0.3 is 0 Å². The van der Waals surface area contributed by atoms with E-state index in [4.69, 9.17) is 9.84 Å². The van der Waals surface area contributed by atoms with Crippen molar-refractivity contribution >= 4 is 5.91 Å². The topological polar surface area (TPSA) is 61.8 Å². The van der Waals surface area contributed by atoms with E-state index >= 15 is 0 Å². The van der Waals surface area contributed by atoms with Crippen LogP contribution >= 0.6 is 0 Å². The Bertz CT molecular complexity index is 484. The molecule has 6 heteroatoms. The summed E-state index contributed by atoms with van der Waals surface area (Å²) in [6.07, 6.45) is -0.275. The molecule has 0 spiro atoms. The van der Waals surface area contributed by atoms with E-state index in [1.807, 2.05) is 11.8 Å². The van der Waals surface area contributed by atoms with Gasteiger partial charge < -0.3 is 15.2 Å². The number of carbonyl (C=O) groups excluding carboxylic acids is 1. The number of aliphatic hydroxyl groups is 1. The zero-order valence-electron chi connectivity index (χ0n) is 12.1. The van der Waals surface area contributed by atoms with E-state index in [1.165, 1.54) is 6.07 Å². The summed E-state index contributed by atoms with van der Waals surface area (Å²) >= 11 is 0. The second-order valence-electron chi connectivity index (χ2n) is 5.31. The van der Waals surface area contributed by atoms with Crippen molar-refractivity contribution in [3.05, 3.63) is 35.6 Å². The molecule has 0 aromatic heterocycles. The van der Waals surface area contributed by atoms with Crippen LogP contribution in [0.4, 0.5) is 4.39 Å². The molecule has 1 aliphatic rings. The monoisotopic (exact) mass is 296 g/mol. The van der Waals surface area contributed by atoms with Crippen LogP contribution in [-0.4, -0.2) is 54.4 Å². The summed E-state index contributed by atoms with van der Waals surface area (Å²) in [7, 11) is 0. The number of hydrogen-bond acceptors (Lipinski definition) is 4. The number of ether oxygens (including phenoxy) is 1. The number of benzene rings is 1.